The van der Waals surface area contributed by atoms with Gasteiger partial charge in [0.15, 0.2) is 0 Å². The van der Waals surface area contributed by atoms with Crippen molar-refractivity contribution in [2.24, 2.45) is 7.05 Å². The van der Waals surface area contributed by atoms with Crippen LogP contribution in [0.2, 0.25) is 0 Å². The minimum atomic E-state index is 0.481. The van der Waals surface area contributed by atoms with Crippen molar-refractivity contribution in [1.29, 1.82) is 0 Å². The molecule has 1 aliphatic carbocycles. The Labute approximate surface area is 123 Å². The number of nitrogen functional groups attached to an aromatic ring is 1. The van der Waals surface area contributed by atoms with E-state index < -0.39 is 0 Å². The van der Waals surface area contributed by atoms with E-state index >= 15 is 0 Å². The third-order valence-electron chi connectivity index (χ3n) is 3.95. The van der Waals surface area contributed by atoms with E-state index in [1.807, 2.05) is 36.0 Å². The first-order chi connectivity index (χ1) is 10.3. The molecule has 21 heavy (non-hydrogen) atoms. The van der Waals surface area contributed by atoms with Crippen LogP contribution in [-0.4, -0.2) is 19.1 Å². The smallest absolute Gasteiger partial charge is 0.142 e. The number of aryl methyl sites for hydroxylation is 1. The second-order valence-electron chi connectivity index (χ2n) is 5.53. The van der Waals surface area contributed by atoms with Gasteiger partial charge in [0.05, 0.1) is 18.2 Å². The van der Waals surface area contributed by atoms with Crippen molar-refractivity contribution >= 4 is 5.82 Å². The van der Waals surface area contributed by atoms with Gasteiger partial charge >= 0.3 is 0 Å². The number of nitrogens with two attached hydrogens (primary N) is 1. The van der Waals surface area contributed by atoms with Crippen molar-refractivity contribution < 1.29 is 0 Å². The van der Waals surface area contributed by atoms with Crippen LogP contribution in [0.25, 0.3) is 22.8 Å². The molecule has 5 heteroatoms. The lowest BCUT2D eigenvalue weighted by atomic mass is 10.2. The Morgan fingerprint density at radius 3 is 2.57 bits per heavy atom. The Kier molecular flexibility index (Phi) is 2.60. The zero-order valence-electron chi connectivity index (χ0n) is 11.9. The molecule has 0 spiro atoms. The monoisotopic (exact) mass is 279 g/mol. The summed E-state index contributed by atoms with van der Waals surface area (Å²) in [6.45, 7) is 0. The Morgan fingerprint density at radius 2 is 1.95 bits per heavy atom. The first-order valence-corrected chi connectivity index (χ1v) is 7.15. The van der Waals surface area contributed by atoms with E-state index in [-0.39, 0.29) is 0 Å². The van der Waals surface area contributed by atoms with E-state index in [2.05, 4.69) is 21.7 Å². The molecule has 4 rings (SSSR count). The number of nitrogens with zero attached hydrogens (tertiary/aromatic N) is 4. The highest BCUT2D eigenvalue weighted by Gasteiger charge is 2.31. The third kappa shape index (κ3) is 1.93. The highest BCUT2D eigenvalue weighted by molar-refractivity contribution is 5.74. The van der Waals surface area contributed by atoms with Gasteiger partial charge in [0, 0.05) is 18.7 Å². The molecule has 0 atom stereocenters. The van der Waals surface area contributed by atoms with Crippen molar-refractivity contribution in [3.63, 3.8) is 0 Å². The standard InChI is InChI=1S/C16H17N5/c1-20-10-18-9-13(20)14-15(17)21(12-7-8-12)16(19-14)11-5-3-2-4-6-11/h2-6,9-10,12H,7-8,17H2,1H3. The molecule has 2 aromatic heterocycles. The molecule has 0 bridgehead atoms. The molecule has 106 valence electrons. The van der Waals surface area contributed by atoms with Crippen LogP contribution in [0.4, 0.5) is 5.82 Å². The summed E-state index contributed by atoms with van der Waals surface area (Å²) in [4.78, 5) is 8.99. The van der Waals surface area contributed by atoms with Gasteiger partial charge in [0.2, 0.25) is 0 Å². The number of hydrogen-bond donors (Lipinski definition) is 1. The summed E-state index contributed by atoms with van der Waals surface area (Å²) in [5, 5.41) is 0. The molecular formula is C16H17N5. The molecule has 2 heterocycles. The summed E-state index contributed by atoms with van der Waals surface area (Å²) < 4.78 is 4.13. The van der Waals surface area contributed by atoms with E-state index in [9.17, 15) is 0 Å². The zero-order chi connectivity index (χ0) is 14.4. The summed E-state index contributed by atoms with van der Waals surface area (Å²) in [5.74, 6) is 1.69. The molecule has 1 aliphatic rings. The van der Waals surface area contributed by atoms with E-state index in [4.69, 9.17) is 10.7 Å². The first kappa shape index (κ1) is 12.2. The Morgan fingerprint density at radius 1 is 1.19 bits per heavy atom. The normalized spacial score (nSPS) is 14.5. The van der Waals surface area contributed by atoms with Crippen LogP contribution < -0.4 is 5.73 Å². The van der Waals surface area contributed by atoms with Gasteiger partial charge in [0.25, 0.3) is 0 Å². The van der Waals surface area contributed by atoms with Gasteiger partial charge < -0.3 is 14.9 Å². The SMILES string of the molecule is Cn1cncc1-c1nc(-c2ccccc2)n(C2CC2)c1N. The van der Waals surface area contributed by atoms with E-state index in [0.29, 0.717) is 6.04 Å². The lowest BCUT2D eigenvalue weighted by Gasteiger charge is -2.08. The van der Waals surface area contributed by atoms with Gasteiger partial charge in [-0.3, -0.25) is 0 Å². The molecule has 5 nitrogen and oxygen atoms in total. The Bertz CT molecular complexity index is 780. The predicted molar refractivity (Wildman–Crippen MR) is 82.5 cm³/mol. The van der Waals surface area contributed by atoms with Crippen molar-refractivity contribution in [2.75, 3.05) is 5.73 Å². The number of benzene rings is 1. The summed E-state index contributed by atoms with van der Waals surface area (Å²) in [7, 11) is 1.96. The summed E-state index contributed by atoms with van der Waals surface area (Å²) in [6, 6.07) is 10.7. The van der Waals surface area contributed by atoms with E-state index in [1.54, 1.807) is 6.33 Å². The van der Waals surface area contributed by atoms with Crippen LogP contribution in [0.1, 0.15) is 18.9 Å². The number of rotatable bonds is 3. The molecular weight excluding hydrogens is 262 g/mol. The van der Waals surface area contributed by atoms with E-state index in [1.165, 1.54) is 12.8 Å². The molecule has 2 N–H and O–H groups in total. The summed E-state index contributed by atoms with van der Waals surface area (Å²) in [5.41, 5.74) is 9.27. The molecule has 0 amide bonds. The summed E-state index contributed by atoms with van der Waals surface area (Å²) >= 11 is 0. The maximum Gasteiger partial charge on any atom is 0.142 e. The maximum atomic E-state index is 6.40. The molecule has 1 saturated carbocycles. The lowest BCUT2D eigenvalue weighted by molar-refractivity contribution is 0.760. The highest BCUT2D eigenvalue weighted by Crippen LogP contribution is 2.43. The average Bonchev–Trinajstić information content (AvgIpc) is 3.16. The topological polar surface area (TPSA) is 61.7 Å². The Hall–Kier alpha value is -2.56. The van der Waals surface area contributed by atoms with Gasteiger partial charge in [-0.2, -0.15) is 0 Å². The van der Waals surface area contributed by atoms with Crippen LogP contribution in [-0.2, 0) is 7.05 Å². The number of aromatic nitrogens is 4. The van der Waals surface area contributed by atoms with Crippen LogP contribution >= 0.6 is 0 Å². The largest absolute Gasteiger partial charge is 0.383 e. The average molecular weight is 279 g/mol. The minimum Gasteiger partial charge on any atom is -0.383 e. The van der Waals surface area contributed by atoms with Crippen molar-refractivity contribution in [3.05, 3.63) is 42.9 Å². The quantitative estimate of drug-likeness (QED) is 0.802. The summed E-state index contributed by atoms with van der Waals surface area (Å²) in [6.07, 6.45) is 5.92. The van der Waals surface area contributed by atoms with Crippen LogP contribution in [0, 0.1) is 0 Å². The minimum absolute atomic E-state index is 0.481. The molecule has 1 fully saturated rings. The van der Waals surface area contributed by atoms with Crippen LogP contribution in [0.3, 0.4) is 0 Å². The first-order valence-electron chi connectivity index (χ1n) is 7.15. The zero-order valence-corrected chi connectivity index (χ0v) is 11.9. The maximum absolute atomic E-state index is 6.40. The van der Waals surface area contributed by atoms with Gasteiger partial charge in [0.1, 0.15) is 17.3 Å². The van der Waals surface area contributed by atoms with E-state index in [0.717, 1.165) is 28.6 Å². The van der Waals surface area contributed by atoms with Crippen molar-refractivity contribution in [3.8, 4) is 22.8 Å². The van der Waals surface area contributed by atoms with Gasteiger partial charge in [-0.1, -0.05) is 30.3 Å². The molecule has 0 unspecified atom stereocenters. The number of imidazole rings is 2. The van der Waals surface area contributed by atoms with Gasteiger partial charge in [-0.05, 0) is 12.8 Å². The highest BCUT2D eigenvalue weighted by atomic mass is 15.2. The second-order valence-corrected chi connectivity index (χ2v) is 5.53. The fourth-order valence-electron chi connectivity index (χ4n) is 2.71. The number of anilines is 1. The molecule has 0 radical (unpaired) electrons. The molecule has 3 aromatic rings. The number of hydrogen-bond acceptors (Lipinski definition) is 3. The fourth-order valence-corrected chi connectivity index (χ4v) is 2.71. The molecule has 0 saturated heterocycles. The fraction of sp³-hybridized carbons (Fsp3) is 0.250. The molecule has 0 aliphatic heterocycles. The third-order valence-corrected chi connectivity index (χ3v) is 3.95. The van der Waals surface area contributed by atoms with Crippen molar-refractivity contribution in [2.45, 2.75) is 18.9 Å². The van der Waals surface area contributed by atoms with Crippen LogP contribution in [0.5, 0.6) is 0 Å². The predicted octanol–water partition coefficient (Wildman–Crippen LogP) is 2.87. The van der Waals surface area contributed by atoms with Crippen molar-refractivity contribution in [1.82, 2.24) is 19.1 Å². The Balaban J connectivity index is 1.93. The second kappa shape index (κ2) is 4.48. The van der Waals surface area contributed by atoms with Gasteiger partial charge in [-0.15, -0.1) is 0 Å². The van der Waals surface area contributed by atoms with Crippen LogP contribution in [0.15, 0.2) is 42.9 Å². The molecule has 1 aromatic carbocycles. The lowest BCUT2D eigenvalue weighted by Crippen LogP contribution is -2.03. The van der Waals surface area contributed by atoms with Gasteiger partial charge in [-0.25, -0.2) is 9.97 Å².